The van der Waals surface area contributed by atoms with Gasteiger partial charge < -0.3 is 20.5 Å². The number of nitrogens with one attached hydrogen (secondary N) is 2. The van der Waals surface area contributed by atoms with Crippen LogP contribution in [0.4, 0.5) is 4.39 Å². The van der Waals surface area contributed by atoms with E-state index < -0.39 is 28.9 Å². The van der Waals surface area contributed by atoms with E-state index in [9.17, 15) is 19.1 Å². The third-order valence-corrected chi connectivity index (χ3v) is 6.05. The van der Waals surface area contributed by atoms with E-state index in [1.807, 2.05) is 0 Å². The fourth-order valence-electron chi connectivity index (χ4n) is 4.02. The molecule has 3 fully saturated rings. The number of hydrogen-bond donors (Lipinski definition) is 3. The molecule has 6 nitrogen and oxygen atoms in total. The Hall–Kier alpha value is -1.57. The number of alkyl halides is 1. The molecule has 0 heterocycles. The summed E-state index contributed by atoms with van der Waals surface area (Å²) in [6.45, 7) is -0.302. The molecule has 3 saturated carbocycles. The molecule has 3 aliphatic carbocycles. The molecule has 1 atom stereocenters. The second kappa shape index (κ2) is 7.81. The summed E-state index contributed by atoms with van der Waals surface area (Å²) in [4.78, 5) is 24.0. The topological polar surface area (TPSA) is 87.7 Å². The number of rotatable bonds is 6. The van der Waals surface area contributed by atoms with Crippen LogP contribution < -0.4 is 15.4 Å². The molecule has 2 amide bonds. The van der Waals surface area contributed by atoms with Crippen molar-refractivity contribution in [3.63, 3.8) is 0 Å². The zero-order chi connectivity index (χ0) is 19.7. The highest BCUT2D eigenvalue weighted by atomic mass is 35.5. The van der Waals surface area contributed by atoms with Crippen LogP contribution in [0.5, 0.6) is 5.75 Å². The van der Waals surface area contributed by atoms with Crippen molar-refractivity contribution < 1.29 is 23.8 Å². The average molecular weight is 419 g/mol. The number of fused-ring (bicyclic) bond motifs is 3. The minimum atomic E-state index is -0.785. The van der Waals surface area contributed by atoms with Crippen molar-refractivity contribution in [1.82, 2.24) is 10.6 Å². The fourth-order valence-corrected chi connectivity index (χ4v) is 4.20. The Morgan fingerprint density at radius 2 is 1.93 bits per heavy atom. The van der Waals surface area contributed by atoms with E-state index in [1.54, 1.807) is 0 Å². The molecule has 1 aromatic rings. The Morgan fingerprint density at radius 1 is 1.22 bits per heavy atom. The molecule has 1 aromatic carbocycles. The van der Waals surface area contributed by atoms with Gasteiger partial charge in [0.25, 0.3) is 5.91 Å². The van der Waals surface area contributed by atoms with Gasteiger partial charge in [-0.15, -0.1) is 11.6 Å². The fraction of sp³-hybridized carbons (Fsp3) is 0.556. The van der Waals surface area contributed by atoms with Crippen molar-refractivity contribution in [1.29, 1.82) is 0 Å². The number of halogens is 3. The predicted octanol–water partition coefficient (Wildman–Crippen LogP) is 2.15. The van der Waals surface area contributed by atoms with E-state index in [1.165, 1.54) is 12.1 Å². The van der Waals surface area contributed by atoms with E-state index in [-0.39, 0.29) is 29.2 Å². The second-order valence-electron chi connectivity index (χ2n) is 7.25. The third kappa shape index (κ3) is 4.31. The number of aliphatic hydroxyl groups is 1. The summed E-state index contributed by atoms with van der Waals surface area (Å²) in [5.41, 5.74) is -1.20. The average Bonchev–Trinajstić information content (AvgIpc) is 2.64. The summed E-state index contributed by atoms with van der Waals surface area (Å²) in [5.74, 6) is -1.21. The predicted molar refractivity (Wildman–Crippen MR) is 98.5 cm³/mol. The van der Waals surface area contributed by atoms with Crippen LogP contribution in [0, 0.1) is 5.82 Å². The lowest BCUT2D eigenvalue weighted by atomic mass is 9.60. The van der Waals surface area contributed by atoms with Crippen LogP contribution >= 0.6 is 23.2 Å². The van der Waals surface area contributed by atoms with Crippen LogP contribution in [0.2, 0.25) is 5.02 Å². The highest BCUT2D eigenvalue weighted by molar-refractivity contribution is 6.30. The van der Waals surface area contributed by atoms with E-state index in [0.29, 0.717) is 32.1 Å². The lowest BCUT2D eigenvalue weighted by Gasteiger charge is -2.56. The molecule has 9 heteroatoms. The Kier molecular flexibility index (Phi) is 5.84. The zero-order valence-corrected chi connectivity index (χ0v) is 16.1. The van der Waals surface area contributed by atoms with Gasteiger partial charge in [-0.05, 0) is 44.2 Å². The molecule has 0 spiro atoms. The molecule has 0 saturated heterocycles. The van der Waals surface area contributed by atoms with Gasteiger partial charge in [-0.3, -0.25) is 9.59 Å². The molecule has 3 aliphatic rings. The minimum Gasteiger partial charge on any atom is -0.484 e. The molecule has 2 bridgehead atoms. The smallest absolute Gasteiger partial charge is 0.258 e. The first-order chi connectivity index (χ1) is 12.8. The molecule has 148 valence electrons. The number of ether oxygens (including phenoxy) is 1. The van der Waals surface area contributed by atoms with Gasteiger partial charge in [-0.25, -0.2) is 4.39 Å². The first kappa shape index (κ1) is 20.2. The van der Waals surface area contributed by atoms with Crippen molar-refractivity contribution in [3.8, 4) is 5.75 Å². The van der Waals surface area contributed by atoms with Crippen molar-refractivity contribution in [3.05, 3.63) is 29.0 Å². The zero-order valence-electron chi connectivity index (χ0n) is 14.6. The molecular weight excluding hydrogens is 398 g/mol. The molecular formula is C18H21Cl2FN2O4. The van der Waals surface area contributed by atoms with Crippen molar-refractivity contribution in [2.45, 2.75) is 49.3 Å². The second-order valence-corrected chi connectivity index (χ2v) is 7.93. The van der Waals surface area contributed by atoms with E-state index in [2.05, 4.69) is 10.6 Å². The van der Waals surface area contributed by atoms with Gasteiger partial charge in [0.15, 0.2) is 6.61 Å². The van der Waals surface area contributed by atoms with Crippen molar-refractivity contribution in [2.24, 2.45) is 0 Å². The number of aliphatic hydroxyl groups excluding tert-OH is 1. The Morgan fingerprint density at radius 3 is 2.52 bits per heavy atom. The number of carbonyl (C=O) groups excluding carboxylic acids is 2. The van der Waals surface area contributed by atoms with Gasteiger partial charge in [0.1, 0.15) is 17.4 Å². The van der Waals surface area contributed by atoms with Crippen LogP contribution in [-0.2, 0) is 9.59 Å². The number of carbonyl (C=O) groups is 2. The van der Waals surface area contributed by atoms with Gasteiger partial charge in [0.2, 0.25) is 5.91 Å². The quantitative estimate of drug-likeness (QED) is 0.617. The Bertz CT molecular complexity index is 738. The normalized spacial score (nSPS) is 29.3. The van der Waals surface area contributed by atoms with Crippen LogP contribution in [0.3, 0.4) is 0 Å². The van der Waals surface area contributed by atoms with E-state index in [0.717, 1.165) is 6.07 Å². The highest BCUT2D eigenvalue weighted by Gasteiger charge is 2.55. The summed E-state index contributed by atoms with van der Waals surface area (Å²) < 4.78 is 18.7. The SMILES string of the molecule is O=C(CCl)NC12CCC(NC(=O)COc3ccc(Cl)c(F)c3)(CC1)[C@@H](O)C2. The molecule has 0 aliphatic heterocycles. The Labute approximate surface area is 166 Å². The summed E-state index contributed by atoms with van der Waals surface area (Å²) in [6.07, 6.45) is 1.95. The van der Waals surface area contributed by atoms with E-state index >= 15 is 0 Å². The van der Waals surface area contributed by atoms with Gasteiger partial charge in [0, 0.05) is 11.6 Å². The van der Waals surface area contributed by atoms with Gasteiger partial charge in [-0.1, -0.05) is 11.6 Å². The van der Waals surface area contributed by atoms with E-state index in [4.69, 9.17) is 27.9 Å². The molecule has 0 radical (unpaired) electrons. The maximum Gasteiger partial charge on any atom is 0.258 e. The number of amides is 2. The monoisotopic (exact) mass is 418 g/mol. The molecule has 27 heavy (non-hydrogen) atoms. The van der Waals surface area contributed by atoms with Gasteiger partial charge in [-0.2, -0.15) is 0 Å². The van der Waals surface area contributed by atoms with Crippen molar-refractivity contribution >= 4 is 35.0 Å². The van der Waals surface area contributed by atoms with Crippen LogP contribution in [-0.4, -0.2) is 46.6 Å². The van der Waals surface area contributed by atoms with Gasteiger partial charge >= 0.3 is 0 Å². The third-order valence-electron chi connectivity index (χ3n) is 5.50. The standard InChI is InChI=1S/C18H21Cl2FN2O4/c19-9-15(25)22-17-3-5-18(6-4-17,14(24)8-17)23-16(26)10-27-11-1-2-12(20)13(21)7-11/h1-2,7,14,24H,3-6,8-10H2,(H,22,25)(H,23,26)/t14-,17?,18?/m0/s1. The minimum absolute atomic E-state index is 0.0250. The largest absolute Gasteiger partial charge is 0.484 e. The van der Waals surface area contributed by atoms with Crippen LogP contribution in [0.1, 0.15) is 32.1 Å². The maximum atomic E-state index is 13.4. The molecule has 0 aromatic heterocycles. The first-order valence-electron chi connectivity index (χ1n) is 8.71. The lowest BCUT2D eigenvalue weighted by Crippen LogP contribution is -2.70. The van der Waals surface area contributed by atoms with Crippen LogP contribution in [0.15, 0.2) is 18.2 Å². The molecule has 0 unspecified atom stereocenters. The first-order valence-corrected chi connectivity index (χ1v) is 9.63. The number of benzene rings is 1. The molecule has 4 rings (SSSR count). The van der Waals surface area contributed by atoms with Crippen LogP contribution in [0.25, 0.3) is 0 Å². The summed E-state index contributed by atoms with van der Waals surface area (Å²) in [5, 5.41) is 16.4. The summed E-state index contributed by atoms with van der Waals surface area (Å²) in [7, 11) is 0. The summed E-state index contributed by atoms with van der Waals surface area (Å²) in [6, 6.07) is 3.93. The highest BCUT2D eigenvalue weighted by Crippen LogP contribution is 2.47. The molecule has 3 N–H and O–H groups in total. The van der Waals surface area contributed by atoms with Crippen molar-refractivity contribution in [2.75, 3.05) is 12.5 Å². The Balaban J connectivity index is 1.57. The van der Waals surface area contributed by atoms with Gasteiger partial charge in [0.05, 0.1) is 16.7 Å². The lowest BCUT2D eigenvalue weighted by molar-refractivity contribution is -0.135. The maximum absolute atomic E-state index is 13.4. The summed E-state index contributed by atoms with van der Waals surface area (Å²) >= 11 is 11.2. The number of hydrogen-bond acceptors (Lipinski definition) is 4.